The fraction of sp³-hybridized carbons (Fsp3) is 0.526. The molecule has 30 heavy (non-hydrogen) atoms. The lowest BCUT2D eigenvalue weighted by molar-refractivity contribution is 0.157. The molecular formula is C19H30N6O4S. The fourth-order valence-electron chi connectivity index (χ4n) is 2.94. The Kier molecular flexibility index (Phi) is 7.65. The van der Waals surface area contributed by atoms with Crippen molar-refractivity contribution in [3.63, 3.8) is 0 Å². The van der Waals surface area contributed by atoms with Gasteiger partial charge in [0.05, 0.1) is 25.1 Å². The van der Waals surface area contributed by atoms with E-state index in [-0.39, 0.29) is 22.6 Å². The highest BCUT2D eigenvalue weighted by Gasteiger charge is 2.25. The molecule has 0 aliphatic carbocycles. The van der Waals surface area contributed by atoms with Gasteiger partial charge in [0.15, 0.2) is 9.92 Å². The molecule has 1 atom stereocenters. The molecule has 1 unspecified atom stereocenters. The number of hydrogen-bond donors (Lipinski definition) is 5. The van der Waals surface area contributed by atoms with Crippen LogP contribution in [0, 0.1) is 10.2 Å². The molecule has 1 fully saturated rings. The highest BCUT2D eigenvalue weighted by atomic mass is 32.2. The number of nitrogens with zero attached hydrogens (tertiary/aromatic N) is 1. The van der Waals surface area contributed by atoms with Crippen molar-refractivity contribution in [1.29, 1.82) is 10.2 Å². The van der Waals surface area contributed by atoms with Crippen LogP contribution in [0.15, 0.2) is 16.9 Å². The number of amides is 2. The Hall–Kier alpha value is -2.82. The third kappa shape index (κ3) is 5.41. The summed E-state index contributed by atoms with van der Waals surface area (Å²) in [5.74, 6) is 0.545. The van der Waals surface area contributed by atoms with Gasteiger partial charge in [-0.1, -0.05) is 27.7 Å². The lowest BCUT2D eigenvalue weighted by atomic mass is 9.97. The zero-order valence-corrected chi connectivity index (χ0v) is 18.7. The Morgan fingerprint density at radius 3 is 2.57 bits per heavy atom. The van der Waals surface area contributed by atoms with Crippen LogP contribution in [0.5, 0.6) is 5.88 Å². The minimum atomic E-state index is -3.83. The number of ether oxygens (including phenoxy) is 2. The molecular weight excluding hydrogens is 408 g/mol. The maximum Gasteiger partial charge on any atom is 0.332 e. The lowest BCUT2D eigenvalue weighted by Gasteiger charge is -2.23. The highest BCUT2D eigenvalue weighted by molar-refractivity contribution is 7.95. The van der Waals surface area contributed by atoms with E-state index in [4.69, 9.17) is 19.7 Å². The number of hydrogen-bond acceptors (Lipinski definition) is 8. The van der Waals surface area contributed by atoms with Crippen molar-refractivity contribution in [3.05, 3.63) is 28.1 Å². The van der Waals surface area contributed by atoms with Gasteiger partial charge in [0.25, 0.3) is 0 Å². The molecule has 1 aliphatic rings. The Bertz CT molecular complexity index is 903. The number of pyridine rings is 1. The van der Waals surface area contributed by atoms with E-state index >= 15 is 0 Å². The van der Waals surface area contributed by atoms with E-state index in [1.54, 1.807) is 6.07 Å². The number of rotatable bonds is 7. The summed E-state index contributed by atoms with van der Waals surface area (Å²) in [4.78, 5) is 16.9. The van der Waals surface area contributed by atoms with Crippen LogP contribution in [-0.2, 0) is 14.7 Å². The second-order valence-corrected chi connectivity index (χ2v) is 9.16. The van der Waals surface area contributed by atoms with Crippen molar-refractivity contribution < 1.29 is 18.5 Å². The largest absolute Gasteiger partial charge is 0.481 e. The van der Waals surface area contributed by atoms with Crippen LogP contribution in [0.3, 0.4) is 0 Å². The van der Waals surface area contributed by atoms with Gasteiger partial charge in [0, 0.05) is 18.8 Å². The minimum absolute atomic E-state index is 0.0210. The van der Waals surface area contributed by atoms with Crippen molar-refractivity contribution in [2.75, 3.05) is 25.6 Å². The van der Waals surface area contributed by atoms with E-state index in [0.717, 1.165) is 18.2 Å². The average molecular weight is 439 g/mol. The molecule has 1 aromatic rings. The summed E-state index contributed by atoms with van der Waals surface area (Å²) < 4.78 is 33.9. The van der Waals surface area contributed by atoms with E-state index in [2.05, 4.69) is 20.3 Å². The van der Waals surface area contributed by atoms with Gasteiger partial charge in [-0.05, 0) is 23.8 Å². The first kappa shape index (κ1) is 23.5. The number of anilines is 1. The maximum atomic E-state index is 12.9. The first-order valence-corrected chi connectivity index (χ1v) is 11.2. The predicted molar refractivity (Wildman–Crippen MR) is 116 cm³/mol. The third-order valence-electron chi connectivity index (χ3n) is 4.43. The van der Waals surface area contributed by atoms with E-state index < -0.39 is 15.9 Å². The molecule has 5 N–H and O–H groups in total. The van der Waals surface area contributed by atoms with Crippen molar-refractivity contribution in [3.8, 4) is 5.88 Å². The quantitative estimate of drug-likeness (QED) is 0.413. The Morgan fingerprint density at radius 2 is 2.07 bits per heavy atom. The van der Waals surface area contributed by atoms with Gasteiger partial charge in [-0.3, -0.25) is 0 Å². The van der Waals surface area contributed by atoms with Gasteiger partial charge in [-0.2, -0.15) is 0 Å². The molecule has 0 radical (unpaired) electrons. The van der Waals surface area contributed by atoms with Gasteiger partial charge in [-0.25, -0.2) is 23.5 Å². The zero-order valence-electron chi connectivity index (χ0n) is 17.9. The van der Waals surface area contributed by atoms with Gasteiger partial charge < -0.3 is 25.5 Å². The van der Waals surface area contributed by atoms with Crippen molar-refractivity contribution in [1.82, 2.24) is 15.0 Å². The van der Waals surface area contributed by atoms with Crippen molar-refractivity contribution in [2.24, 2.45) is 0 Å². The summed E-state index contributed by atoms with van der Waals surface area (Å²) in [7, 11) is -2.30. The SMILES string of the molecule is COc1cc(C(C)C)c(NC(=O)NS(=N)(=O)/C(C=N)=C2/NCCCO2)c(C(C)C)n1. The normalized spacial score (nSPS) is 17.4. The second kappa shape index (κ2) is 9.79. The Morgan fingerprint density at radius 1 is 1.37 bits per heavy atom. The number of carbonyl (C=O) groups excluding carboxylic acids is 1. The van der Waals surface area contributed by atoms with E-state index in [0.29, 0.717) is 30.4 Å². The summed E-state index contributed by atoms with van der Waals surface area (Å²) in [5, 5.41) is 13.1. The van der Waals surface area contributed by atoms with Crippen molar-refractivity contribution in [2.45, 2.75) is 46.0 Å². The molecule has 166 valence electrons. The molecule has 1 saturated heterocycles. The highest BCUT2D eigenvalue weighted by Crippen LogP contribution is 2.34. The number of methoxy groups -OCH3 is 1. The summed E-state index contributed by atoms with van der Waals surface area (Å²) >= 11 is 0. The van der Waals surface area contributed by atoms with Gasteiger partial charge in [-0.15, -0.1) is 0 Å². The number of urea groups is 1. The van der Waals surface area contributed by atoms with Gasteiger partial charge in [0.2, 0.25) is 11.8 Å². The average Bonchev–Trinajstić information content (AvgIpc) is 2.68. The van der Waals surface area contributed by atoms with Gasteiger partial charge in [0.1, 0.15) is 4.91 Å². The molecule has 11 heteroatoms. The van der Waals surface area contributed by atoms with Gasteiger partial charge >= 0.3 is 6.03 Å². The van der Waals surface area contributed by atoms with Crippen LogP contribution < -0.4 is 20.1 Å². The monoisotopic (exact) mass is 438 g/mol. The molecule has 0 spiro atoms. The molecule has 0 saturated carbocycles. The molecule has 2 amide bonds. The molecule has 2 rings (SSSR count). The number of nitrogens with one attached hydrogen (secondary N) is 5. The number of allylic oxidation sites excluding steroid dienone is 1. The number of carbonyl (C=O) groups is 1. The first-order chi connectivity index (χ1) is 14.1. The summed E-state index contributed by atoms with van der Waals surface area (Å²) in [6.45, 7) is 8.77. The fourth-order valence-corrected chi connectivity index (χ4v) is 3.92. The summed E-state index contributed by atoms with van der Waals surface area (Å²) in [5.41, 5.74) is 1.91. The van der Waals surface area contributed by atoms with E-state index in [9.17, 15) is 9.00 Å². The summed E-state index contributed by atoms with van der Waals surface area (Å²) in [6, 6.07) is 0.913. The Balaban J connectivity index is 2.36. The van der Waals surface area contributed by atoms with Crippen LogP contribution in [-0.4, -0.2) is 41.7 Å². The van der Waals surface area contributed by atoms with Crippen LogP contribution in [0.2, 0.25) is 0 Å². The lowest BCUT2D eigenvalue weighted by Crippen LogP contribution is -2.37. The van der Waals surface area contributed by atoms with E-state index in [1.165, 1.54) is 7.11 Å². The summed E-state index contributed by atoms with van der Waals surface area (Å²) in [6.07, 6.45) is 1.51. The van der Waals surface area contributed by atoms with Crippen molar-refractivity contribution >= 4 is 27.8 Å². The topological polar surface area (TPSA) is 149 Å². The molecule has 1 aromatic heterocycles. The minimum Gasteiger partial charge on any atom is -0.481 e. The number of aromatic nitrogens is 1. The van der Waals surface area contributed by atoms with Crippen LogP contribution in [0.1, 0.15) is 57.2 Å². The molecule has 10 nitrogen and oxygen atoms in total. The molecule has 1 aliphatic heterocycles. The third-order valence-corrected chi connectivity index (χ3v) is 5.82. The van der Waals surface area contributed by atoms with Crippen LogP contribution >= 0.6 is 0 Å². The van der Waals surface area contributed by atoms with E-state index in [1.807, 2.05) is 27.7 Å². The first-order valence-electron chi connectivity index (χ1n) is 9.68. The predicted octanol–water partition coefficient (Wildman–Crippen LogP) is 3.25. The molecule has 2 heterocycles. The standard InChI is InChI=1S/C19H30N6O4S/c1-11(2)13-9-15(28-5)23-16(12(3)4)17(13)24-19(26)25-30(21,27)14(10-20)18-22-7-6-8-29-18/h9-12,20,22H,6-8H2,1-5H3,(H3,21,24,25,26,27)/b18-14-,20-10?. The molecule has 0 aromatic carbocycles. The molecule has 0 bridgehead atoms. The Labute approximate surface area is 177 Å². The maximum absolute atomic E-state index is 12.9. The van der Waals surface area contributed by atoms with Crippen LogP contribution in [0.25, 0.3) is 0 Å². The second-order valence-electron chi connectivity index (χ2n) is 7.40. The smallest absolute Gasteiger partial charge is 0.332 e. The zero-order chi connectivity index (χ0) is 22.5. The van der Waals surface area contributed by atoms with Crippen LogP contribution in [0.4, 0.5) is 10.5 Å².